The molecule has 0 bridgehead atoms. The molecule has 0 saturated carbocycles. The van der Waals surface area contributed by atoms with Crippen molar-refractivity contribution in [3.8, 4) is 0 Å². The number of aliphatic carboxylic acids is 1. The molecule has 0 spiro atoms. The van der Waals surface area contributed by atoms with E-state index in [1.165, 1.54) is 30.3 Å². The molecule has 0 saturated heterocycles. The highest BCUT2D eigenvalue weighted by molar-refractivity contribution is 6.39. The van der Waals surface area contributed by atoms with Gasteiger partial charge in [0.2, 0.25) is 0 Å². The van der Waals surface area contributed by atoms with E-state index in [4.69, 9.17) is 4.74 Å². The fourth-order valence-electron chi connectivity index (χ4n) is 2.77. The van der Waals surface area contributed by atoms with Crippen LogP contribution in [-0.4, -0.2) is 46.3 Å². The normalized spacial score (nSPS) is 11.1. The summed E-state index contributed by atoms with van der Waals surface area (Å²) >= 11 is 0. The standard InChI is InChI=1S/C23H24N2O7/c1-23(2,3)32-22(31)24-14-8-10-15-9-4-6-12-17(15)25(19(26)21(29)30)18-13-7-5-11-16(18)20(27)28/h4-13H,14H2,1-3H3,(H,24,31)(H,27,28)(H,29,30). The molecule has 3 N–H and O–H groups in total. The molecule has 2 aromatic rings. The van der Waals surface area contributed by atoms with Gasteiger partial charge in [0.25, 0.3) is 0 Å². The molecule has 32 heavy (non-hydrogen) atoms. The maximum Gasteiger partial charge on any atom is 0.407 e. The van der Waals surface area contributed by atoms with Gasteiger partial charge in [0, 0.05) is 6.54 Å². The van der Waals surface area contributed by atoms with Gasteiger partial charge in [0.1, 0.15) is 5.60 Å². The first kappa shape index (κ1) is 24.1. The summed E-state index contributed by atoms with van der Waals surface area (Å²) in [7, 11) is 0. The lowest BCUT2D eigenvalue weighted by Gasteiger charge is -2.24. The lowest BCUT2D eigenvalue weighted by atomic mass is 10.1. The third-order valence-electron chi connectivity index (χ3n) is 4.00. The summed E-state index contributed by atoms with van der Waals surface area (Å²) in [5.74, 6) is -4.36. The zero-order chi connectivity index (χ0) is 23.9. The van der Waals surface area contributed by atoms with E-state index < -0.39 is 29.5 Å². The summed E-state index contributed by atoms with van der Waals surface area (Å²) in [5.41, 5.74) is -0.349. The van der Waals surface area contributed by atoms with Gasteiger partial charge in [-0.2, -0.15) is 0 Å². The first-order valence-electron chi connectivity index (χ1n) is 9.63. The van der Waals surface area contributed by atoms with Crippen molar-refractivity contribution in [1.29, 1.82) is 0 Å². The predicted molar refractivity (Wildman–Crippen MR) is 118 cm³/mol. The van der Waals surface area contributed by atoms with Gasteiger partial charge in [-0.3, -0.25) is 9.69 Å². The Labute approximate surface area is 184 Å². The van der Waals surface area contributed by atoms with Crippen molar-refractivity contribution in [1.82, 2.24) is 5.32 Å². The molecule has 9 nitrogen and oxygen atoms in total. The zero-order valence-corrected chi connectivity index (χ0v) is 17.9. The average Bonchev–Trinajstić information content (AvgIpc) is 2.71. The Morgan fingerprint density at radius 2 is 1.56 bits per heavy atom. The Morgan fingerprint density at radius 3 is 2.16 bits per heavy atom. The maximum atomic E-state index is 12.6. The van der Waals surface area contributed by atoms with E-state index in [1.807, 2.05) is 0 Å². The molecule has 0 aliphatic carbocycles. The topological polar surface area (TPSA) is 133 Å². The van der Waals surface area contributed by atoms with E-state index in [0.717, 1.165) is 4.90 Å². The van der Waals surface area contributed by atoms with E-state index in [9.17, 15) is 29.4 Å². The lowest BCUT2D eigenvalue weighted by Crippen LogP contribution is -2.34. The van der Waals surface area contributed by atoms with Crippen LogP contribution in [0.1, 0.15) is 36.7 Å². The number of benzene rings is 2. The summed E-state index contributed by atoms with van der Waals surface area (Å²) < 4.78 is 5.15. The van der Waals surface area contributed by atoms with E-state index in [1.54, 1.807) is 51.1 Å². The highest BCUT2D eigenvalue weighted by Crippen LogP contribution is 2.32. The number of ether oxygens (including phenoxy) is 1. The molecule has 2 rings (SSSR count). The number of anilines is 2. The van der Waals surface area contributed by atoms with Crippen molar-refractivity contribution >= 4 is 41.4 Å². The molecular weight excluding hydrogens is 416 g/mol. The number of carboxylic acids is 2. The van der Waals surface area contributed by atoms with Crippen LogP contribution in [0.25, 0.3) is 6.08 Å². The molecule has 0 aromatic heterocycles. The number of nitrogens with one attached hydrogen (secondary N) is 1. The second-order valence-corrected chi connectivity index (χ2v) is 7.61. The number of carbonyl (C=O) groups is 4. The number of rotatable bonds is 6. The third kappa shape index (κ3) is 6.43. The van der Waals surface area contributed by atoms with Crippen molar-refractivity contribution < 1.29 is 34.1 Å². The molecule has 9 heteroatoms. The molecule has 0 atom stereocenters. The van der Waals surface area contributed by atoms with E-state index in [-0.39, 0.29) is 23.5 Å². The van der Waals surface area contributed by atoms with Crippen LogP contribution in [0.3, 0.4) is 0 Å². The lowest BCUT2D eigenvalue weighted by molar-refractivity contribution is -0.148. The molecule has 0 radical (unpaired) electrons. The van der Waals surface area contributed by atoms with E-state index >= 15 is 0 Å². The second kappa shape index (κ2) is 10.3. The molecule has 2 aromatic carbocycles. The Kier molecular flexibility index (Phi) is 7.73. The molecule has 0 unspecified atom stereocenters. The van der Waals surface area contributed by atoms with Gasteiger partial charge in [-0.1, -0.05) is 42.5 Å². The van der Waals surface area contributed by atoms with Crippen LogP contribution in [0.4, 0.5) is 16.2 Å². The highest BCUT2D eigenvalue weighted by atomic mass is 16.6. The number of alkyl carbamates (subject to hydrolysis) is 1. The second-order valence-electron chi connectivity index (χ2n) is 7.61. The van der Waals surface area contributed by atoms with Gasteiger partial charge in [-0.15, -0.1) is 0 Å². The fraction of sp³-hybridized carbons (Fsp3) is 0.217. The minimum absolute atomic E-state index is 0.0832. The van der Waals surface area contributed by atoms with Gasteiger partial charge in [-0.05, 0) is 44.5 Å². The number of para-hydroxylation sites is 2. The molecule has 0 heterocycles. The van der Waals surface area contributed by atoms with Gasteiger partial charge >= 0.3 is 23.9 Å². The highest BCUT2D eigenvalue weighted by Gasteiger charge is 2.29. The van der Waals surface area contributed by atoms with Crippen LogP contribution in [0.2, 0.25) is 0 Å². The van der Waals surface area contributed by atoms with E-state index in [2.05, 4.69) is 5.32 Å². The molecular formula is C23H24N2O7. The van der Waals surface area contributed by atoms with Crippen LogP contribution in [-0.2, 0) is 14.3 Å². The smallest absolute Gasteiger partial charge is 0.407 e. The van der Waals surface area contributed by atoms with Crippen LogP contribution in [0, 0.1) is 0 Å². The number of hydrogen-bond donors (Lipinski definition) is 3. The SMILES string of the molecule is CC(C)(C)OC(=O)NCC=Cc1ccccc1N(C(=O)C(=O)O)c1ccccc1C(=O)O. The third-order valence-corrected chi connectivity index (χ3v) is 4.00. The molecule has 168 valence electrons. The number of nitrogens with zero attached hydrogens (tertiary/aromatic N) is 1. The maximum absolute atomic E-state index is 12.6. The van der Waals surface area contributed by atoms with Crippen LogP contribution in [0.15, 0.2) is 54.6 Å². The quantitative estimate of drug-likeness (QED) is 0.584. The van der Waals surface area contributed by atoms with Crippen LogP contribution < -0.4 is 10.2 Å². The van der Waals surface area contributed by atoms with Crippen LogP contribution >= 0.6 is 0 Å². The van der Waals surface area contributed by atoms with Gasteiger partial charge in [-0.25, -0.2) is 14.4 Å². The number of carbonyl (C=O) groups excluding carboxylic acids is 2. The molecule has 0 aliphatic rings. The molecule has 0 fully saturated rings. The minimum atomic E-state index is -1.74. The van der Waals surface area contributed by atoms with Gasteiger partial charge in [0.15, 0.2) is 0 Å². The van der Waals surface area contributed by atoms with Crippen molar-refractivity contribution in [2.24, 2.45) is 0 Å². The van der Waals surface area contributed by atoms with Gasteiger partial charge in [0.05, 0.1) is 16.9 Å². The molecule has 0 aliphatic heterocycles. The van der Waals surface area contributed by atoms with Crippen molar-refractivity contribution in [2.75, 3.05) is 11.4 Å². The zero-order valence-electron chi connectivity index (χ0n) is 17.9. The number of amides is 2. The van der Waals surface area contributed by atoms with Crippen LogP contribution in [0.5, 0.6) is 0 Å². The predicted octanol–water partition coefficient (Wildman–Crippen LogP) is 3.67. The summed E-state index contributed by atoms with van der Waals surface area (Å²) in [5, 5.41) is 21.4. The Morgan fingerprint density at radius 1 is 0.969 bits per heavy atom. The Bertz CT molecular complexity index is 1050. The number of hydrogen-bond acceptors (Lipinski definition) is 5. The fourth-order valence-corrected chi connectivity index (χ4v) is 2.77. The van der Waals surface area contributed by atoms with Crippen molar-refractivity contribution in [3.05, 3.63) is 65.7 Å². The largest absolute Gasteiger partial charge is 0.478 e. The van der Waals surface area contributed by atoms with E-state index in [0.29, 0.717) is 5.56 Å². The average molecular weight is 440 g/mol. The summed E-state index contributed by atoms with van der Waals surface area (Å²) in [6.45, 7) is 5.33. The number of carboxylic acid groups (broad SMARTS) is 2. The number of aromatic carboxylic acids is 1. The minimum Gasteiger partial charge on any atom is -0.478 e. The summed E-state index contributed by atoms with van der Waals surface area (Å²) in [4.78, 5) is 48.3. The monoisotopic (exact) mass is 440 g/mol. The summed E-state index contributed by atoms with van der Waals surface area (Å²) in [6, 6.07) is 12.0. The van der Waals surface area contributed by atoms with Crippen molar-refractivity contribution in [3.63, 3.8) is 0 Å². The van der Waals surface area contributed by atoms with Gasteiger partial charge < -0.3 is 20.3 Å². The molecule has 2 amide bonds. The Hall–Kier alpha value is -4.14. The first-order chi connectivity index (χ1) is 15.0. The first-order valence-corrected chi connectivity index (χ1v) is 9.63. The Balaban J connectivity index is 2.40. The summed E-state index contributed by atoms with van der Waals surface area (Å²) in [6.07, 6.45) is 2.57. The van der Waals surface area contributed by atoms with Crippen molar-refractivity contribution in [2.45, 2.75) is 26.4 Å².